The van der Waals surface area contributed by atoms with Gasteiger partial charge in [-0.15, -0.1) is 0 Å². The van der Waals surface area contributed by atoms with Gasteiger partial charge in [-0.1, -0.05) is 109 Å². The van der Waals surface area contributed by atoms with Crippen molar-refractivity contribution in [1.29, 1.82) is 0 Å². The van der Waals surface area contributed by atoms with Crippen LogP contribution < -0.4 is 9.46 Å². The monoisotopic (exact) mass is 600 g/mol. The van der Waals surface area contributed by atoms with Gasteiger partial charge in [0.05, 0.1) is 6.42 Å². The predicted octanol–water partition coefficient (Wildman–Crippen LogP) is 6.86. The summed E-state index contributed by atoms with van der Waals surface area (Å²) >= 11 is 0. The van der Waals surface area contributed by atoms with Crippen LogP contribution in [-0.2, 0) is 24.3 Å². The third-order valence-electron chi connectivity index (χ3n) is 7.28. The number of pyridine rings is 1. The SMILES string of the molecule is CCCCCCCCCCCCCCCCCCOCCCC(COP(=O)([O-])O)(OC(=O)N(C)C)[n+]1ccccc1. The van der Waals surface area contributed by atoms with Gasteiger partial charge in [-0.2, -0.15) is 4.57 Å². The average molecular weight is 601 g/mol. The molecule has 0 saturated heterocycles. The Labute approximate surface area is 249 Å². The Morgan fingerprint density at radius 1 is 0.805 bits per heavy atom. The Kier molecular flexibility index (Phi) is 21.1. The summed E-state index contributed by atoms with van der Waals surface area (Å²) < 4.78 is 29.2. The first-order valence-electron chi connectivity index (χ1n) is 15.8. The Balaban J connectivity index is 2.24. The number of hydrogen-bond acceptors (Lipinski definition) is 6. The number of phosphoric acid groups is 1. The predicted molar refractivity (Wildman–Crippen MR) is 160 cm³/mol. The third-order valence-corrected chi connectivity index (χ3v) is 7.74. The van der Waals surface area contributed by atoms with Crippen molar-refractivity contribution in [3.63, 3.8) is 0 Å². The molecule has 0 saturated carbocycles. The van der Waals surface area contributed by atoms with Crippen molar-refractivity contribution in [3.05, 3.63) is 30.6 Å². The van der Waals surface area contributed by atoms with Crippen molar-refractivity contribution < 1.29 is 37.7 Å². The van der Waals surface area contributed by atoms with E-state index in [0.29, 0.717) is 19.6 Å². The van der Waals surface area contributed by atoms with E-state index in [1.54, 1.807) is 35.2 Å². The van der Waals surface area contributed by atoms with Crippen molar-refractivity contribution in [2.24, 2.45) is 0 Å². The molecule has 0 bridgehead atoms. The number of rotatable bonds is 26. The fourth-order valence-electron chi connectivity index (χ4n) is 4.82. The van der Waals surface area contributed by atoms with Crippen LogP contribution in [0.15, 0.2) is 30.6 Å². The van der Waals surface area contributed by atoms with E-state index >= 15 is 0 Å². The summed E-state index contributed by atoms with van der Waals surface area (Å²) in [4.78, 5) is 34.3. The van der Waals surface area contributed by atoms with Crippen LogP contribution in [0.2, 0.25) is 0 Å². The van der Waals surface area contributed by atoms with E-state index in [4.69, 9.17) is 14.0 Å². The highest BCUT2D eigenvalue weighted by Gasteiger charge is 2.45. The molecule has 2 atom stereocenters. The van der Waals surface area contributed by atoms with E-state index in [1.165, 1.54) is 109 Å². The molecule has 0 fully saturated rings. The lowest BCUT2D eigenvalue weighted by Crippen LogP contribution is -2.62. The van der Waals surface area contributed by atoms with Gasteiger partial charge in [0.25, 0.3) is 7.82 Å². The maximum Gasteiger partial charge on any atom is 0.414 e. The summed E-state index contributed by atoms with van der Waals surface area (Å²) in [7, 11) is -1.96. The van der Waals surface area contributed by atoms with Gasteiger partial charge in [0, 0.05) is 39.4 Å². The maximum absolute atomic E-state index is 12.5. The summed E-state index contributed by atoms with van der Waals surface area (Å²) in [6.07, 6.45) is 24.6. The molecule has 1 N–H and O–H groups in total. The van der Waals surface area contributed by atoms with Gasteiger partial charge in [-0.25, -0.2) is 4.79 Å². The van der Waals surface area contributed by atoms with Gasteiger partial charge in [0.1, 0.15) is 0 Å². The first-order valence-corrected chi connectivity index (χ1v) is 17.3. The first-order chi connectivity index (χ1) is 19.7. The zero-order valence-electron chi connectivity index (χ0n) is 26.0. The number of carbonyl (C=O) groups is 1. The van der Waals surface area contributed by atoms with Crippen LogP contribution in [-0.4, -0.2) is 49.8 Å². The van der Waals surface area contributed by atoms with Crippen LogP contribution in [0.25, 0.3) is 0 Å². The fraction of sp³-hybridized carbons (Fsp3) is 0.806. The van der Waals surface area contributed by atoms with Crippen LogP contribution in [0.1, 0.15) is 122 Å². The van der Waals surface area contributed by atoms with E-state index < -0.39 is 26.2 Å². The number of carbonyl (C=O) groups excluding carboxylic acids is 1. The quantitative estimate of drug-likeness (QED) is 0.0702. The zero-order chi connectivity index (χ0) is 30.2. The molecule has 1 aromatic rings. The second-order valence-corrected chi connectivity index (χ2v) is 12.4. The number of phosphoric ester groups is 1. The Bertz CT molecular complexity index is 822. The molecule has 1 amide bonds. The number of unbranched alkanes of at least 4 members (excludes halogenated alkanes) is 15. The van der Waals surface area contributed by atoms with E-state index in [2.05, 4.69) is 6.92 Å². The van der Waals surface area contributed by atoms with Crippen LogP contribution in [0.5, 0.6) is 0 Å². The van der Waals surface area contributed by atoms with Gasteiger partial charge in [0.15, 0.2) is 19.0 Å². The first kappa shape index (κ1) is 37.5. The Morgan fingerprint density at radius 3 is 1.73 bits per heavy atom. The molecular weight excluding hydrogens is 543 g/mol. The molecule has 0 radical (unpaired) electrons. The molecule has 0 spiro atoms. The van der Waals surface area contributed by atoms with Crippen molar-refractivity contribution in [1.82, 2.24) is 4.90 Å². The lowest BCUT2D eigenvalue weighted by Gasteiger charge is -2.30. The molecular formula is C31H57N2O7P. The molecule has 10 heteroatoms. The highest BCUT2D eigenvalue weighted by Crippen LogP contribution is 2.34. The lowest BCUT2D eigenvalue weighted by molar-refractivity contribution is -0.806. The van der Waals surface area contributed by atoms with E-state index in [0.717, 1.165) is 12.8 Å². The normalized spacial score (nSPS) is 14.4. The largest absolute Gasteiger partial charge is 0.756 e. The van der Waals surface area contributed by atoms with Crippen molar-refractivity contribution in [2.45, 2.75) is 128 Å². The summed E-state index contributed by atoms with van der Waals surface area (Å²) in [5.74, 6) is 0. The van der Waals surface area contributed by atoms with Gasteiger partial charge in [-0.3, -0.25) is 4.57 Å². The summed E-state index contributed by atoms with van der Waals surface area (Å²) in [6.45, 7) is 2.80. The standard InChI is InChI=1S/C31H57N2O7P/c1-4-5-6-7-8-9-10-11-12-13-14-15-16-17-18-22-27-38-28-23-24-31(29-39-41(35,36)37,40-30(34)32(2)3)33-25-20-19-21-26-33/h19-21,25-26H,4-18,22-24,27-29H2,1-3H3,(H-,35,36,37). The molecule has 238 valence electrons. The third kappa shape index (κ3) is 19.3. The summed E-state index contributed by atoms with van der Waals surface area (Å²) in [5, 5.41) is 0. The molecule has 41 heavy (non-hydrogen) atoms. The molecule has 1 rings (SSSR count). The second kappa shape index (κ2) is 23.0. The van der Waals surface area contributed by atoms with Crippen molar-refractivity contribution in [3.8, 4) is 0 Å². The van der Waals surface area contributed by atoms with Crippen LogP contribution in [0, 0.1) is 0 Å². The molecule has 1 aromatic heterocycles. The molecule has 0 aromatic carbocycles. The number of amides is 1. The number of hydrogen-bond donors (Lipinski definition) is 1. The highest BCUT2D eigenvalue weighted by atomic mass is 31.2. The van der Waals surface area contributed by atoms with Crippen molar-refractivity contribution >= 4 is 13.9 Å². The van der Waals surface area contributed by atoms with Gasteiger partial charge < -0.3 is 28.7 Å². The highest BCUT2D eigenvalue weighted by molar-refractivity contribution is 7.44. The summed E-state index contributed by atoms with van der Waals surface area (Å²) in [6, 6.07) is 5.27. The van der Waals surface area contributed by atoms with Gasteiger partial charge in [-0.05, 0) is 12.8 Å². The lowest BCUT2D eigenvalue weighted by atomic mass is 10.0. The maximum atomic E-state index is 12.5. The summed E-state index contributed by atoms with van der Waals surface area (Å²) in [5.41, 5.74) is -1.47. The average Bonchev–Trinajstić information content (AvgIpc) is 2.94. The number of aromatic nitrogens is 1. The second-order valence-electron chi connectivity index (χ2n) is 11.3. The molecule has 1 heterocycles. The van der Waals surface area contributed by atoms with Gasteiger partial charge in [0.2, 0.25) is 0 Å². The Hall–Kier alpha value is -1.51. The topological polar surface area (TPSA) is 112 Å². The van der Waals surface area contributed by atoms with Crippen LogP contribution in [0.3, 0.4) is 0 Å². The minimum absolute atomic E-state index is 0.236. The van der Waals surface area contributed by atoms with E-state index in [9.17, 15) is 19.1 Å². The zero-order valence-corrected chi connectivity index (χ0v) is 26.9. The molecule has 9 nitrogen and oxygen atoms in total. The molecule has 0 aliphatic carbocycles. The van der Waals surface area contributed by atoms with Crippen molar-refractivity contribution in [2.75, 3.05) is 33.9 Å². The smallest absolute Gasteiger partial charge is 0.414 e. The fourth-order valence-corrected chi connectivity index (χ4v) is 5.19. The minimum Gasteiger partial charge on any atom is -0.756 e. The number of ether oxygens (including phenoxy) is 2. The van der Waals surface area contributed by atoms with E-state index in [1.807, 2.05) is 0 Å². The van der Waals surface area contributed by atoms with Crippen LogP contribution in [0.4, 0.5) is 4.79 Å². The number of nitrogens with zero attached hydrogens (tertiary/aromatic N) is 2. The van der Waals surface area contributed by atoms with E-state index in [-0.39, 0.29) is 6.42 Å². The molecule has 2 unspecified atom stereocenters. The Morgan fingerprint density at radius 2 is 1.27 bits per heavy atom. The van der Waals surface area contributed by atoms with Gasteiger partial charge >= 0.3 is 11.8 Å². The molecule has 0 aliphatic rings. The molecule has 0 aliphatic heterocycles. The van der Waals surface area contributed by atoms with Crippen LogP contribution >= 0.6 is 7.82 Å². The minimum atomic E-state index is -5.03.